The molecule has 1 aromatic carbocycles. The molecular weight excluding hydrogens is 501 g/mol. The van der Waals surface area contributed by atoms with Crippen LogP contribution >= 0.6 is 24.0 Å². The number of halogens is 1. The van der Waals surface area contributed by atoms with E-state index in [4.69, 9.17) is 4.99 Å². The lowest BCUT2D eigenvalue weighted by atomic mass is 10.0. The summed E-state index contributed by atoms with van der Waals surface area (Å²) in [6.07, 6.45) is 2.15. The molecule has 2 aromatic rings. The Balaban J connectivity index is 0.00000341. The molecule has 1 unspecified atom stereocenters. The van der Waals surface area contributed by atoms with Crippen LogP contribution < -0.4 is 20.4 Å². The van der Waals surface area contributed by atoms with Gasteiger partial charge in [0, 0.05) is 39.8 Å². The predicted molar refractivity (Wildman–Crippen MR) is 138 cm³/mol. The standard InChI is InChI=1S/C23H31N7.HI/c1-4-25-23(26-16-19-10-7-13-22(27-19)29(2)3)28-20-11-8-14-30(17-20)21-12-6-5-9-18(21)15-24;/h5-7,9-10,12-13,20H,4,8,11,14,16-17H2,1-3H3,(H2,25,26,28);1H. The summed E-state index contributed by atoms with van der Waals surface area (Å²) in [6.45, 7) is 5.19. The monoisotopic (exact) mass is 533 g/mol. The van der Waals surface area contributed by atoms with E-state index in [0.717, 1.165) is 61.2 Å². The Morgan fingerprint density at radius 2 is 2.06 bits per heavy atom. The van der Waals surface area contributed by atoms with Crippen molar-refractivity contribution in [2.24, 2.45) is 4.99 Å². The van der Waals surface area contributed by atoms with Crippen molar-refractivity contribution in [3.8, 4) is 6.07 Å². The van der Waals surface area contributed by atoms with Gasteiger partial charge in [-0.05, 0) is 44.0 Å². The van der Waals surface area contributed by atoms with Crippen molar-refractivity contribution in [2.75, 3.05) is 43.5 Å². The highest BCUT2D eigenvalue weighted by atomic mass is 127. The summed E-state index contributed by atoms with van der Waals surface area (Å²) in [5, 5.41) is 16.4. The van der Waals surface area contributed by atoms with Gasteiger partial charge in [0.2, 0.25) is 0 Å². The number of benzene rings is 1. The molecule has 1 saturated heterocycles. The maximum Gasteiger partial charge on any atom is 0.191 e. The van der Waals surface area contributed by atoms with Gasteiger partial charge in [-0.2, -0.15) is 5.26 Å². The average molecular weight is 533 g/mol. The van der Waals surface area contributed by atoms with E-state index in [9.17, 15) is 5.26 Å². The normalized spacial score (nSPS) is 16.1. The van der Waals surface area contributed by atoms with Crippen LogP contribution in [-0.2, 0) is 6.54 Å². The van der Waals surface area contributed by atoms with Crippen LogP contribution in [0.3, 0.4) is 0 Å². The molecular formula is C23H32IN7. The minimum absolute atomic E-state index is 0. The zero-order valence-corrected chi connectivity index (χ0v) is 20.8. The maximum atomic E-state index is 9.43. The van der Waals surface area contributed by atoms with Gasteiger partial charge < -0.3 is 20.4 Å². The number of nitrogens with zero attached hydrogens (tertiary/aromatic N) is 5. The molecule has 3 rings (SSSR count). The third-order valence-electron chi connectivity index (χ3n) is 5.12. The summed E-state index contributed by atoms with van der Waals surface area (Å²) >= 11 is 0. The van der Waals surface area contributed by atoms with Crippen LogP contribution in [0.2, 0.25) is 0 Å². The third kappa shape index (κ3) is 6.99. The Kier molecular flexibility index (Phi) is 9.85. The molecule has 31 heavy (non-hydrogen) atoms. The summed E-state index contributed by atoms with van der Waals surface area (Å²) in [7, 11) is 3.97. The first-order valence-electron chi connectivity index (χ1n) is 10.5. The molecule has 1 fully saturated rings. The van der Waals surface area contributed by atoms with Gasteiger partial charge in [0.05, 0.1) is 23.5 Å². The van der Waals surface area contributed by atoms with Gasteiger partial charge >= 0.3 is 0 Å². The molecule has 0 spiro atoms. The number of rotatable bonds is 6. The Hall–Kier alpha value is -2.54. The first-order chi connectivity index (χ1) is 14.6. The lowest BCUT2D eigenvalue weighted by Crippen LogP contribution is -2.51. The van der Waals surface area contributed by atoms with Crippen LogP contribution in [0.5, 0.6) is 0 Å². The second-order valence-corrected chi connectivity index (χ2v) is 7.64. The lowest BCUT2D eigenvalue weighted by molar-refractivity contribution is 0.468. The Morgan fingerprint density at radius 1 is 1.26 bits per heavy atom. The Labute approximate surface area is 202 Å². The number of hydrogen-bond donors (Lipinski definition) is 2. The van der Waals surface area contributed by atoms with Crippen LogP contribution in [0.4, 0.5) is 11.5 Å². The molecule has 2 heterocycles. The Bertz CT molecular complexity index is 907. The van der Waals surface area contributed by atoms with Gasteiger partial charge in [-0.15, -0.1) is 24.0 Å². The van der Waals surface area contributed by atoms with Crippen LogP contribution in [0, 0.1) is 11.3 Å². The zero-order chi connectivity index (χ0) is 21.3. The molecule has 0 aliphatic carbocycles. The van der Waals surface area contributed by atoms with E-state index in [2.05, 4.69) is 33.5 Å². The predicted octanol–water partition coefficient (Wildman–Crippen LogP) is 3.36. The maximum absolute atomic E-state index is 9.43. The summed E-state index contributed by atoms with van der Waals surface area (Å²) in [6, 6.07) is 16.4. The van der Waals surface area contributed by atoms with Crippen LogP contribution in [0.25, 0.3) is 0 Å². The van der Waals surface area contributed by atoms with Gasteiger partial charge in [0.25, 0.3) is 0 Å². The Morgan fingerprint density at radius 3 is 2.81 bits per heavy atom. The quantitative estimate of drug-likeness (QED) is 0.337. The topological polar surface area (TPSA) is 79.6 Å². The number of anilines is 2. The minimum Gasteiger partial charge on any atom is -0.368 e. The highest BCUT2D eigenvalue weighted by molar-refractivity contribution is 14.0. The molecule has 0 radical (unpaired) electrons. The van der Waals surface area contributed by atoms with Gasteiger partial charge in [0.15, 0.2) is 5.96 Å². The van der Waals surface area contributed by atoms with E-state index >= 15 is 0 Å². The van der Waals surface area contributed by atoms with Crippen LogP contribution in [0.1, 0.15) is 31.0 Å². The van der Waals surface area contributed by atoms with Crippen molar-refractivity contribution in [1.29, 1.82) is 5.26 Å². The molecule has 1 aliphatic heterocycles. The first kappa shape index (κ1) is 24.7. The number of piperidine rings is 1. The van der Waals surface area contributed by atoms with Crippen LogP contribution in [0.15, 0.2) is 47.5 Å². The fourth-order valence-corrected chi connectivity index (χ4v) is 3.64. The van der Waals surface area contributed by atoms with Gasteiger partial charge in [-0.1, -0.05) is 18.2 Å². The second kappa shape index (κ2) is 12.3. The van der Waals surface area contributed by atoms with Crippen molar-refractivity contribution in [3.63, 3.8) is 0 Å². The summed E-state index contributed by atoms with van der Waals surface area (Å²) in [5.74, 6) is 1.73. The number of nitriles is 1. The van der Waals surface area contributed by atoms with Gasteiger partial charge in [-0.3, -0.25) is 0 Å². The number of nitrogens with one attached hydrogen (secondary N) is 2. The van der Waals surface area contributed by atoms with Crippen molar-refractivity contribution < 1.29 is 0 Å². The molecule has 2 N–H and O–H groups in total. The molecule has 166 valence electrons. The largest absolute Gasteiger partial charge is 0.368 e. The highest BCUT2D eigenvalue weighted by Crippen LogP contribution is 2.23. The zero-order valence-electron chi connectivity index (χ0n) is 18.5. The summed E-state index contributed by atoms with van der Waals surface area (Å²) in [4.78, 5) is 13.7. The van der Waals surface area contributed by atoms with Crippen molar-refractivity contribution in [3.05, 3.63) is 53.7 Å². The summed E-state index contributed by atoms with van der Waals surface area (Å²) < 4.78 is 0. The molecule has 0 bridgehead atoms. The molecule has 1 atom stereocenters. The SMILES string of the molecule is CCNC(=NCc1cccc(N(C)C)n1)NC1CCCN(c2ccccc2C#N)C1.I. The second-order valence-electron chi connectivity index (χ2n) is 7.64. The molecule has 0 saturated carbocycles. The lowest BCUT2D eigenvalue weighted by Gasteiger charge is -2.35. The van der Waals surface area contributed by atoms with Crippen LogP contribution in [-0.4, -0.2) is 50.7 Å². The first-order valence-corrected chi connectivity index (χ1v) is 10.5. The smallest absolute Gasteiger partial charge is 0.191 e. The minimum atomic E-state index is 0. The fraction of sp³-hybridized carbons (Fsp3) is 0.435. The van der Waals surface area contributed by atoms with Gasteiger partial charge in [-0.25, -0.2) is 9.98 Å². The molecule has 1 aliphatic rings. The molecule has 7 nitrogen and oxygen atoms in total. The highest BCUT2D eigenvalue weighted by Gasteiger charge is 2.22. The van der Waals surface area contributed by atoms with E-state index < -0.39 is 0 Å². The van der Waals surface area contributed by atoms with E-state index in [-0.39, 0.29) is 30.0 Å². The van der Waals surface area contributed by atoms with Crippen molar-refractivity contribution >= 4 is 41.4 Å². The number of aromatic nitrogens is 1. The van der Waals surface area contributed by atoms with Gasteiger partial charge in [0.1, 0.15) is 11.9 Å². The van der Waals surface area contributed by atoms with E-state index in [1.54, 1.807) is 0 Å². The number of pyridine rings is 1. The number of aliphatic imine (C=N–C) groups is 1. The van der Waals surface area contributed by atoms with Crippen molar-refractivity contribution in [2.45, 2.75) is 32.4 Å². The third-order valence-corrected chi connectivity index (χ3v) is 5.12. The van der Waals surface area contributed by atoms with E-state index in [0.29, 0.717) is 6.54 Å². The average Bonchev–Trinajstić information content (AvgIpc) is 2.78. The molecule has 8 heteroatoms. The number of hydrogen-bond acceptors (Lipinski definition) is 5. The van der Waals surface area contributed by atoms with Crippen molar-refractivity contribution in [1.82, 2.24) is 15.6 Å². The molecule has 0 amide bonds. The van der Waals surface area contributed by atoms with E-state index in [1.165, 1.54) is 0 Å². The fourth-order valence-electron chi connectivity index (χ4n) is 3.64. The van der Waals surface area contributed by atoms with E-state index in [1.807, 2.05) is 61.5 Å². The summed E-state index contributed by atoms with van der Waals surface area (Å²) in [5.41, 5.74) is 2.68. The molecule has 1 aromatic heterocycles. The number of guanidine groups is 1. The number of para-hydroxylation sites is 1.